The highest BCUT2D eigenvalue weighted by atomic mass is 79.9. The third-order valence-corrected chi connectivity index (χ3v) is 3.99. The van der Waals surface area contributed by atoms with Gasteiger partial charge in [0, 0.05) is 12.1 Å². The van der Waals surface area contributed by atoms with Crippen molar-refractivity contribution in [2.24, 2.45) is 0 Å². The summed E-state index contributed by atoms with van der Waals surface area (Å²) in [6.45, 7) is 5.21. The second kappa shape index (κ2) is 7.22. The van der Waals surface area contributed by atoms with Crippen LogP contribution in [0.15, 0.2) is 22.7 Å². The third-order valence-electron chi connectivity index (χ3n) is 3.37. The van der Waals surface area contributed by atoms with E-state index in [1.807, 2.05) is 12.1 Å². The molecule has 1 aliphatic rings. The molecule has 1 heterocycles. The maximum atomic E-state index is 13.7. The normalized spacial score (nSPS) is 16.3. The van der Waals surface area contributed by atoms with Crippen LogP contribution in [0.4, 0.5) is 4.39 Å². The molecular weight excluding hydrogens is 295 g/mol. The molecule has 18 heavy (non-hydrogen) atoms. The molecule has 0 atom stereocenters. The van der Waals surface area contributed by atoms with Gasteiger partial charge in [-0.3, -0.25) is 0 Å². The minimum Gasteiger partial charge on any atom is -0.313 e. The molecule has 0 spiro atoms. The van der Waals surface area contributed by atoms with E-state index in [2.05, 4.69) is 26.1 Å². The van der Waals surface area contributed by atoms with Crippen LogP contribution in [0.5, 0.6) is 0 Å². The van der Waals surface area contributed by atoms with Crippen LogP contribution >= 0.6 is 15.9 Å². The first kappa shape index (κ1) is 14.0. The zero-order chi connectivity index (χ0) is 12.8. The number of likely N-dealkylation sites (tertiary alicyclic amines) is 1. The van der Waals surface area contributed by atoms with Crippen LogP contribution in [0.3, 0.4) is 0 Å². The van der Waals surface area contributed by atoms with Crippen molar-refractivity contribution in [1.82, 2.24) is 10.2 Å². The van der Waals surface area contributed by atoms with Crippen LogP contribution in [0.1, 0.15) is 24.8 Å². The number of halogens is 2. The number of hydrogen-bond acceptors (Lipinski definition) is 2. The zero-order valence-electron chi connectivity index (χ0n) is 10.6. The monoisotopic (exact) mass is 314 g/mol. The molecule has 2 rings (SSSR count). The average molecular weight is 315 g/mol. The lowest BCUT2D eigenvalue weighted by molar-refractivity contribution is 0.331. The van der Waals surface area contributed by atoms with Crippen molar-refractivity contribution in [3.63, 3.8) is 0 Å². The summed E-state index contributed by atoms with van der Waals surface area (Å²) in [5.41, 5.74) is 0.727. The van der Waals surface area contributed by atoms with Gasteiger partial charge in [0.05, 0.1) is 4.47 Å². The van der Waals surface area contributed by atoms with Crippen LogP contribution in [0.2, 0.25) is 0 Å². The summed E-state index contributed by atoms with van der Waals surface area (Å²) in [4.78, 5) is 2.50. The van der Waals surface area contributed by atoms with Crippen LogP contribution in [0.25, 0.3) is 0 Å². The predicted octanol–water partition coefficient (Wildman–Crippen LogP) is 3.16. The molecule has 100 valence electrons. The van der Waals surface area contributed by atoms with Gasteiger partial charge in [-0.25, -0.2) is 4.39 Å². The van der Waals surface area contributed by atoms with E-state index in [-0.39, 0.29) is 5.82 Å². The number of nitrogens with one attached hydrogen (secondary N) is 1. The molecule has 0 radical (unpaired) electrons. The molecule has 1 fully saturated rings. The van der Waals surface area contributed by atoms with Gasteiger partial charge < -0.3 is 10.2 Å². The fraction of sp³-hybridized carbons (Fsp3) is 0.571. The Kier molecular flexibility index (Phi) is 5.60. The topological polar surface area (TPSA) is 15.3 Å². The fourth-order valence-electron chi connectivity index (χ4n) is 2.34. The van der Waals surface area contributed by atoms with E-state index in [0.717, 1.165) is 25.1 Å². The third kappa shape index (κ3) is 4.04. The molecule has 0 unspecified atom stereocenters. The molecule has 0 saturated carbocycles. The molecule has 0 bridgehead atoms. The maximum Gasteiger partial charge on any atom is 0.141 e. The number of benzene rings is 1. The molecule has 0 aliphatic carbocycles. The maximum absolute atomic E-state index is 13.7. The Morgan fingerprint density at radius 3 is 2.83 bits per heavy atom. The Balaban J connectivity index is 1.64. The van der Waals surface area contributed by atoms with Crippen molar-refractivity contribution in [1.29, 1.82) is 0 Å². The second-order valence-corrected chi connectivity index (χ2v) is 5.65. The average Bonchev–Trinajstić information content (AvgIpc) is 2.87. The van der Waals surface area contributed by atoms with Gasteiger partial charge in [0.25, 0.3) is 0 Å². The SMILES string of the molecule is Fc1c(Br)cccc1CNCCCN1CCCC1. The van der Waals surface area contributed by atoms with Gasteiger partial charge in [-0.2, -0.15) is 0 Å². The summed E-state index contributed by atoms with van der Waals surface area (Å²) in [5, 5.41) is 3.31. The Bertz CT molecular complexity index is 378. The Morgan fingerprint density at radius 2 is 2.06 bits per heavy atom. The fourth-order valence-corrected chi connectivity index (χ4v) is 2.75. The van der Waals surface area contributed by atoms with Gasteiger partial charge in [0.1, 0.15) is 5.82 Å². The number of rotatable bonds is 6. The van der Waals surface area contributed by atoms with Gasteiger partial charge in [0.2, 0.25) is 0 Å². The largest absolute Gasteiger partial charge is 0.313 e. The first-order chi connectivity index (χ1) is 8.77. The highest BCUT2D eigenvalue weighted by Gasteiger charge is 2.10. The molecule has 1 aromatic carbocycles. The van der Waals surface area contributed by atoms with Crippen molar-refractivity contribution in [3.05, 3.63) is 34.1 Å². The quantitative estimate of drug-likeness (QED) is 0.811. The minimum absolute atomic E-state index is 0.149. The summed E-state index contributed by atoms with van der Waals surface area (Å²) in [7, 11) is 0. The van der Waals surface area contributed by atoms with Crippen LogP contribution in [0, 0.1) is 5.82 Å². The van der Waals surface area contributed by atoms with E-state index < -0.39 is 0 Å². The molecule has 1 aromatic rings. The Hall–Kier alpha value is -0.450. The van der Waals surface area contributed by atoms with E-state index in [1.54, 1.807) is 6.07 Å². The Labute approximate surface area is 117 Å². The van der Waals surface area contributed by atoms with Gasteiger partial charge in [-0.1, -0.05) is 12.1 Å². The lowest BCUT2D eigenvalue weighted by Crippen LogP contribution is -2.24. The van der Waals surface area contributed by atoms with Gasteiger partial charge in [-0.15, -0.1) is 0 Å². The van der Waals surface area contributed by atoms with Crippen molar-refractivity contribution in [2.45, 2.75) is 25.8 Å². The highest BCUT2D eigenvalue weighted by Crippen LogP contribution is 2.18. The van der Waals surface area contributed by atoms with Crippen LogP contribution in [-0.2, 0) is 6.54 Å². The lowest BCUT2D eigenvalue weighted by Gasteiger charge is -2.14. The smallest absolute Gasteiger partial charge is 0.141 e. The van der Waals surface area contributed by atoms with Gasteiger partial charge in [0.15, 0.2) is 0 Å². The Morgan fingerprint density at radius 1 is 1.28 bits per heavy atom. The van der Waals surface area contributed by atoms with Gasteiger partial charge >= 0.3 is 0 Å². The van der Waals surface area contributed by atoms with E-state index in [0.29, 0.717) is 11.0 Å². The molecule has 1 aliphatic heterocycles. The molecule has 4 heteroatoms. The minimum atomic E-state index is -0.149. The number of nitrogens with zero attached hydrogens (tertiary/aromatic N) is 1. The van der Waals surface area contributed by atoms with E-state index in [9.17, 15) is 4.39 Å². The predicted molar refractivity (Wildman–Crippen MR) is 76.1 cm³/mol. The molecule has 0 aromatic heterocycles. The van der Waals surface area contributed by atoms with E-state index in [4.69, 9.17) is 0 Å². The van der Waals surface area contributed by atoms with Crippen molar-refractivity contribution in [3.8, 4) is 0 Å². The second-order valence-electron chi connectivity index (χ2n) is 4.79. The lowest BCUT2D eigenvalue weighted by atomic mass is 10.2. The molecular formula is C14H20BrFN2. The first-order valence-corrected chi connectivity index (χ1v) is 7.42. The first-order valence-electron chi connectivity index (χ1n) is 6.63. The summed E-state index contributed by atoms with van der Waals surface area (Å²) < 4.78 is 14.2. The molecule has 2 nitrogen and oxygen atoms in total. The van der Waals surface area contributed by atoms with E-state index >= 15 is 0 Å². The molecule has 1 N–H and O–H groups in total. The standard InChI is InChI=1S/C14H20BrFN2/c15-13-6-3-5-12(14(13)16)11-17-7-4-10-18-8-1-2-9-18/h3,5-6,17H,1-2,4,7-11H2. The van der Waals surface area contributed by atoms with E-state index in [1.165, 1.54) is 25.9 Å². The zero-order valence-corrected chi connectivity index (χ0v) is 12.2. The summed E-state index contributed by atoms with van der Waals surface area (Å²) in [6, 6.07) is 5.42. The summed E-state index contributed by atoms with van der Waals surface area (Å²) in [5.74, 6) is -0.149. The van der Waals surface area contributed by atoms with Crippen molar-refractivity contribution < 1.29 is 4.39 Å². The van der Waals surface area contributed by atoms with Crippen LogP contribution in [-0.4, -0.2) is 31.1 Å². The van der Waals surface area contributed by atoms with Crippen LogP contribution < -0.4 is 5.32 Å². The highest BCUT2D eigenvalue weighted by molar-refractivity contribution is 9.10. The van der Waals surface area contributed by atoms with Gasteiger partial charge in [-0.05, 0) is 67.4 Å². The van der Waals surface area contributed by atoms with Crippen molar-refractivity contribution >= 4 is 15.9 Å². The number of hydrogen-bond donors (Lipinski definition) is 1. The summed E-state index contributed by atoms with van der Waals surface area (Å²) >= 11 is 3.20. The van der Waals surface area contributed by atoms with Crippen molar-refractivity contribution in [2.75, 3.05) is 26.2 Å². The summed E-state index contributed by atoms with van der Waals surface area (Å²) in [6.07, 6.45) is 3.82. The molecule has 0 amide bonds. The molecule has 1 saturated heterocycles.